The number of thiazole rings is 1. The highest BCUT2D eigenvalue weighted by molar-refractivity contribution is 7.15. The van der Waals surface area contributed by atoms with Crippen LogP contribution in [0, 0.1) is 6.92 Å². The molecule has 0 radical (unpaired) electrons. The van der Waals surface area contributed by atoms with Crippen LogP contribution in [0.15, 0.2) is 28.7 Å². The van der Waals surface area contributed by atoms with Crippen molar-refractivity contribution < 1.29 is 9.21 Å². The molecule has 0 amide bonds. The molecule has 2 heterocycles. The Labute approximate surface area is 120 Å². The van der Waals surface area contributed by atoms with Gasteiger partial charge in [0.1, 0.15) is 22.0 Å². The summed E-state index contributed by atoms with van der Waals surface area (Å²) in [6.07, 6.45) is 2.54. The molecule has 3 nitrogen and oxygen atoms in total. The van der Waals surface area contributed by atoms with Gasteiger partial charge in [0.05, 0.1) is 5.56 Å². The maximum absolute atomic E-state index is 11.9. The molecule has 20 heavy (non-hydrogen) atoms. The van der Waals surface area contributed by atoms with E-state index in [0.717, 1.165) is 45.0 Å². The van der Waals surface area contributed by atoms with Gasteiger partial charge in [-0.25, -0.2) is 4.98 Å². The molecule has 0 saturated heterocycles. The van der Waals surface area contributed by atoms with Gasteiger partial charge in [0.25, 0.3) is 0 Å². The van der Waals surface area contributed by atoms with Crippen molar-refractivity contribution in [3.8, 4) is 10.6 Å². The first-order chi connectivity index (χ1) is 9.74. The summed E-state index contributed by atoms with van der Waals surface area (Å²) >= 11 is 1.63. The summed E-state index contributed by atoms with van der Waals surface area (Å²) in [7, 11) is 0. The number of Topliss-reactive ketones (excluding diaryl/α,β-unsaturated/α-hetero) is 1. The molecule has 4 heteroatoms. The minimum absolute atomic E-state index is 0.180. The van der Waals surface area contributed by atoms with Crippen LogP contribution in [0.4, 0.5) is 0 Å². The number of furan rings is 1. The van der Waals surface area contributed by atoms with Gasteiger partial charge in [0.15, 0.2) is 5.78 Å². The van der Waals surface area contributed by atoms with Gasteiger partial charge in [-0.05, 0) is 25.8 Å². The molecule has 0 atom stereocenters. The summed E-state index contributed by atoms with van der Waals surface area (Å²) in [6.45, 7) is 1.96. The fraction of sp³-hybridized carbons (Fsp3) is 0.250. The van der Waals surface area contributed by atoms with Gasteiger partial charge in [-0.15, -0.1) is 11.3 Å². The predicted molar refractivity (Wildman–Crippen MR) is 79.3 cm³/mol. The lowest BCUT2D eigenvalue weighted by Crippen LogP contribution is -2.08. The van der Waals surface area contributed by atoms with Gasteiger partial charge in [0.2, 0.25) is 0 Å². The fourth-order valence-electron chi connectivity index (χ4n) is 2.81. The van der Waals surface area contributed by atoms with Crippen LogP contribution in [0.1, 0.15) is 34.0 Å². The Bertz CT molecular complexity index is 828. The highest BCUT2D eigenvalue weighted by atomic mass is 32.1. The zero-order valence-corrected chi connectivity index (χ0v) is 11.9. The lowest BCUT2D eigenvalue weighted by atomic mass is 10.0. The summed E-state index contributed by atoms with van der Waals surface area (Å²) in [5.41, 5.74) is 2.59. The fourth-order valence-corrected chi connectivity index (χ4v) is 4.04. The number of aryl methyl sites for hydroxylation is 2. The third-order valence-electron chi connectivity index (χ3n) is 3.75. The van der Waals surface area contributed by atoms with Gasteiger partial charge in [0, 0.05) is 16.7 Å². The molecule has 4 rings (SSSR count). The number of carbonyl (C=O) groups is 1. The maximum atomic E-state index is 11.9. The van der Waals surface area contributed by atoms with E-state index in [1.54, 1.807) is 11.3 Å². The Morgan fingerprint density at radius 3 is 2.95 bits per heavy atom. The van der Waals surface area contributed by atoms with E-state index in [-0.39, 0.29) is 5.78 Å². The molecule has 0 bridgehead atoms. The van der Waals surface area contributed by atoms with E-state index in [9.17, 15) is 4.79 Å². The molecule has 1 aliphatic rings. The Morgan fingerprint density at radius 2 is 2.10 bits per heavy atom. The predicted octanol–water partition coefficient (Wildman–Crippen LogP) is 4.38. The van der Waals surface area contributed by atoms with Crippen molar-refractivity contribution in [3.05, 3.63) is 40.6 Å². The van der Waals surface area contributed by atoms with Gasteiger partial charge in [-0.3, -0.25) is 4.79 Å². The van der Waals surface area contributed by atoms with Crippen molar-refractivity contribution in [2.24, 2.45) is 0 Å². The number of aromatic nitrogens is 1. The molecule has 0 fully saturated rings. The molecule has 100 valence electrons. The highest BCUT2D eigenvalue weighted by Gasteiger charge is 2.24. The number of nitrogens with zero attached hydrogens (tertiary/aromatic N) is 1. The third kappa shape index (κ3) is 1.64. The molecule has 0 unspecified atom stereocenters. The molecule has 1 aromatic carbocycles. The van der Waals surface area contributed by atoms with E-state index in [4.69, 9.17) is 4.42 Å². The van der Waals surface area contributed by atoms with Crippen LogP contribution < -0.4 is 0 Å². The van der Waals surface area contributed by atoms with E-state index in [0.29, 0.717) is 12.1 Å². The first-order valence-electron chi connectivity index (χ1n) is 6.75. The Kier molecular flexibility index (Phi) is 2.54. The van der Waals surface area contributed by atoms with E-state index in [1.165, 1.54) is 0 Å². The number of benzene rings is 1. The van der Waals surface area contributed by atoms with Crippen LogP contribution in [-0.2, 0) is 6.42 Å². The second-order valence-electron chi connectivity index (χ2n) is 5.10. The van der Waals surface area contributed by atoms with Crippen LogP contribution in [0.25, 0.3) is 21.5 Å². The number of rotatable bonds is 1. The van der Waals surface area contributed by atoms with Crippen LogP contribution in [0.5, 0.6) is 0 Å². The third-order valence-corrected chi connectivity index (χ3v) is 4.89. The number of fused-ring (bicyclic) bond motifs is 2. The highest BCUT2D eigenvalue weighted by Crippen LogP contribution is 2.39. The van der Waals surface area contributed by atoms with Gasteiger partial charge in [-0.1, -0.05) is 18.2 Å². The Balaban J connectivity index is 1.96. The average molecular weight is 283 g/mol. The van der Waals surface area contributed by atoms with Crippen molar-refractivity contribution >= 4 is 28.1 Å². The van der Waals surface area contributed by atoms with Crippen molar-refractivity contribution in [3.63, 3.8) is 0 Å². The van der Waals surface area contributed by atoms with E-state index in [2.05, 4.69) is 4.98 Å². The first kappa shape index (κ1) is 11.9. The van der Waals surface area contributed by atoms with Gasteiger partial charge >= 0.3 is 0 Å². The van der Waals surface area contributed by atoms with Gasteiger partial charge < -0.3 is 4.42 Å². The van der Waals surface area contributed by atoms with Crippen molar-refractivity contribution in [2.75, 3.05) is 0 Å². The normalized spacial score (nSPS) is 14.8. The van der Waals surface area contributed by atoms with Crippen LogP contribution >= 0.6 is 11.3 Å². The zero-order chi connectivity index (χ0) is 13.7. The lowest BCUT2D eigenvalue weighted by molar-refractivity contribution is 0.0968. The molecule has 3 aromatic rings. The average Bonchev–Trinajstić information content (AvgIpc) is 2.99. The second-order valence-corrected chi connectivity index (χ2v) is 6.18. The van der Waals surface area contributed by atoms with Crippen LogP contribution in [-0.4, -0.2) is 10.8 Å². The number of hydrogen-bond acceptors (Lipinski definition) is 4. The standard InChI is InChI=1S/C16H13NO2S/c1-9-14(10-5-2-3-7-12(10)19-9)16-17-15-11(18)6-4-8-13(15)20-16/h2-3,5,7H,4,6,8H2,1H3. The van der Waals surface area contributed by atoms with E-state index >= 15 is 0 Å². The molecule has 0 N–H and O–H groups in total. The summed E-state index contributed by atoms with van der Waals surface area (Å²) in [5, 5.41) is 1.98. The van der Waals surface area contributed by atoms with Crippen molar-refractivity contribution in [2.45, 2.75) is 26.2 Å². The molecular formula is C16H13NO2S. The van der Waals surface area contributed by atoms with Crippen LogP contribution in [0.3, 0.4) is 0 Å². The van der Waals surface area contributed by atoms with E-state index in [1.807, 2.05) is 31.2 Å². The minimum Gasteiger partial charge on any atom is -0.461 e. The quantitative estimate of drug-likeness (QED) is 0.665. The topological polar surface area (TPSA) is 43.1 Å². The molecule has 1 aliphatic carbocycles. The molecule has 0 aliphatic heterocycles. The number of ketones is 1. The summed E-state index contributed by atoms with van der Waals surface area (Å²) < 4.78 is 5.79. The number of para-hydroxylation sites is 1. The van der Waals surface area contributed by atoms with Gasteiger partial charge in [-0.2, -0.15) is 0 Å². The van der Waals surface area contributed by atoms with Crippen molar-refractivity contribution in [1.29, 1.82) is 0 Å². The second kappa shape index (κ2) is 4.28. The lowest BCUT2D eigenvalue weighted by Gasteiger charge is -2.06. The zero-order valence-electron chi connectivity index (χ0n) is 11.1. The SMILES string of the molecule is Cc1oc2ccccc2c1-c1nc2c(s1)CCCC2=O. The minimum atomic E-state index is 0.180. The van der Waals surface area contributed by atoms with Crippen LogP contribution in [0.2, 0.25) is 0 Å². The molecular weight excluding hydrogens is 270 g/mol. The number of hydrogen-bond donors (Lipinski definition) is 0. The molecule has 2 aromatic heterocycles. The smallest absolute Gasteiger partial charge is 0.182 e. The van der Waals surface area contributed by atoms with E-state index < -0.39 is 0 Å². The first-order valence-corrected chi connectivity index (χ1v) is 7.57. The summed E-state index contributed by atoms with van der Waals surface area (Å²) in [4.78, 5) is 17.7. The monoisotopic (exact) mass is 283 g/mol. The largest absolute Gasteiger partial charge is 0.461 e. The maximum Gasteiger partial charge on any atom is 0.182 e. The van der Waals surface area contributed by atoms with Crippen molar-refractivity contribution in [1.82, 2.24) is 4.98 Å². The summed E-state index contributed by atoms with van der Waals surface area (Å²) in [6, 6.07) is 7.97. The Hall–Kier alpha value is -1.94. The molecule has 0 spiro atoms. The molecule has 0 saturated carbocycles. The summed E-state index contributed by atoms with van der Waals surface area (Å²) in [5.74, 6) is 1.05. The number of carbonyl (C=O) groups excluding carboxylic acids is 1. The Morgan fingerprint density at radius 1 is 1.25 bits per heavy atom.